The van der Waals surface area contributed by atoms with Crippen LogP contribution in [0.4, 0.5) is 0 Å². The van der Waals surface area contributed by atoms with Gasteiger partial charge in [-0.3, -0.25) is 4.79 Å². The topological polar surface area (TPSA) is 38.3 Å². The average molecular weight is 215 g/mol. The van der Waals surface area contributed by atoms with Gasteiger partial charge in [-0.25, -0.2) is 0 Å². The van der Waals surface area contributed by atoms with Crippen LogP contribution >= 0.6 is 0 Å². The Morgan fingerprint density at radius 3 is 2.40 bits per heavy atom. The summed E-state index contributed by atoms with van der Waals surface area (Å²) >= 11 is 0. The maximum Gasteiger partial charge on any atom is 0.222 e. The van der Waals surface area contributed by atoms with Crippen LogP contribution in [-0.2, 0) is 9.53 Å². The van der Waals surface area contributed by atoms with Crippen LogP contribution in [0.3, 0.4) is 0 Å². The Kier molecular flexibility index (Phi) is 8.38. The van der Waals surface area contributed by atoms with E-state index >= 15 is 0 Å². The SMILES string of the molecule is CC(C)CCCOCCNC(=O)C(C)C. The Morgan fingerprint density at radius 1 is 1.20 bits per heavy atom. The minimum absolute atomic E-state index is 0.0611. The second kappa shape index (κ2) is 8.72. The molecule has 0 unspecified atom stereocenters. The zero-order valence-corrected chi connectivity index (χ0v) is 10.5. The van der Waals surface area contributed by atoms with Gasteiger partial charge < -0.3 is 10.1 Å². The van der Waals surface area contributed by atoms with E-state index in [1.54, 1.807) is 0 Å². The molecule has 3 heteroatoms. The maximum absolute atomic E-state index is 11.2. The molecule has 1 N–H and O–H groups in total. The van der Waals surface area contributed by atoms with Crippen LogP contribution in [0.25, 0.3) is 0 Å². The molecule has 0 saturated carbocycles. The molecule has 90 valence electrons. The first-order valence-electron chi connectivity index (χ1n) is 5.89. The highest BCUT2D eigenvalue weighted by atomic mass is 16.5. The summed E-state index contributed by atoms with van der Waals surface area (Å²) < 4.78 is 5.40. The van der Waals surface area contributed by atoms with E-state index in [1.807, 2.05) is 13.8 Å². The fourth-order valence-corrected chi connectivity index (χ4v) is 1.15. The molecule has 0 aliphatic carbocycles. The van der Waals surface area contributed by atoms with Crippen LogP contribution in [0.5, 0.6) is 0 Å². The lowest BCUT2D eigenvalue weighted by Gasteiger charge is -2.08. The van der Waals surface area contributed by atoms with Crippen LogP contribution < -0.4 is 5.32 Å². The van der Waals surface area contributed by atoms with Crippen molar-refractivity contribution in [3.8, 4) is 0 Å². The highest BCUT2D eigenvalue weighted by Crippen LogP contribution is 2.02. The number of carbonyl (C=O) groups excluding carboxylic acids is 1. The second-order valence-electron chi connectivity index (χ2n) is 4.59. The molecule has 0 rings (SSSR count). The predicted molar refractivity (Wildman–Crippen MR) is 62.7 cm³/mol. The smallest absolute Gasteiger partial charge is 0.222 e. The molecule has 0 heterocycles. The molecular weight excluding hydrogens is 190 g/mol. The van der Waals surface area contributed by atoms with Gasteiger partial charge in [0.1, 0.15) is 0 Å². The van der Waals surface area contributed by atoms with Crippen molar-refractivity contribution in [2.45, 2.75) is 40.5 Å². The van der Waals surface area contributed by atoms with Crippen molar-refractivity contribution in [3.05, 3.63) is 0 Å². The molecule has 0 atom stereocenters. The molecule has 0 radical (unpaired) electrons. The number of rotatable bonds is 8. The van der Waals surface area contributed by atoms with E-state index in [9.17, 15) is 4.79 Å². The first-order chi connectivity index (χ1) is 7.04. The minimum atomic E-state index is 0.0611. The Morgan fingerprint density at radius 2 is 1.87 bits per heavy atom. The number of carbonyl (C=O) groups is 1. The van der Waals surface area contributed by atoms with Gasteiger partial charge in [-0.15, -0.1) is 0 Å². The zero-order valence-electron chi connectivity index (χ0n) is 10.5. The summed E-state index contributed by atoms with van der Waals surface area (Å²) in [6.45, 7) is 10.2. The Labute approximate surface area is 93.6 Å². The molecule has 0 fully saturated rings. The first kappa shape index (κ1) is 14.4. The van der Waals surface area contributed by atoms with Gasteiger partial charge in [0.25, 0.3) is 0 Å². The highest BCUT2D eigenvalue weighted by Gasteiger charge is 2.04. The predicted octanol–water partition coefficient (Wildman–Crippen LogP) is 2.21. The summed E-state index contributed by atoms with van der Waals surface area (Å²) in [5.41, 5.74) is 0. The van der Waals surface area contributed by atoms with E-state index in [0.717, 1.165) is 18.9 Å². The lowest BCUT2D eigenvalue weighted by atomic mass is 10.1. The Hall–Kier alpha value is -0.570. The summed E-state index contributed by atoms with van der Waals surface area (Å²) in [4.78, 5) is 11.2. The maximum atomic E-state index is 11.2. The molecule has 0 aliphatic rings. The van der Waals surface area contributed by atoms with Crippen LogP contribution in [0.2, 0.25) is 0 Å². The lowest BCUT2D eigenvalue weighted by molar-refractivity contribution is -0.124. The summed E-state index contributed by atoms with van der Waals surface area (Å²) in [5, 5.41) is 2.82. The third kappa shape index (κ3) is 9.73. The molecule has 15 heavy (non-hydrogen) atoms. The second-order valence-corrected chi connectivity index (χ2v) is 4.59. The highest BCUT2D eigenvalue weighted by molar-refractivity contribution is 5.77. The van der Waals surface area contributed by atoms with Crippen molar-refractivity contribution in [2.75, 3.05) is 19.8 Å². The standard InChI is InChI=1S/C12H25NO2/c1-10(2)6-5-8-15-9-7-13-12(14)11(3)4/h10-11H,5-9H2,1-4H3,(H,13,14). The van der Waals surface area contributed by atoms with Gasteiger partial charge in [-0.1, -0.05) is 27.7 Å². The minimum Gasteiger partial charge on any atom is -0.380 e. The lowest BCUT2D eigenvalue weighted by Crippen LogP contribution is -2.30. The van der Waals surface area contributed by atoms with E-state index in [-0.39, 0.29) is 11.8 Å². The zero-order chi connectivity index (χ0) is 11.7. The van der Waals surface area contributed by atoms with Gasteiger partial charge in [0, 0.05) is 19.1 Å². The quantitative estimate of drug-likeness (QED) is 0.630. The number of amides is 1. The molecular formula is C12H25NO2. The molecule has 1 amide bonds. The molecule has 0 aromatic carbocycles. The van der Waals surface area contributed by atoms with Crippen LogP contribution in [0.15, 0.2) is 0 Å². The molecule has 0 bridgehead atoms. The molecule has 0 aliphatic heterocycles. The normalized spacial score (nSPS) is 11.1. The van der Waals surface area contributed by atoms with E-state index in [1.165, 1.54) is 6.42 Å². The fourth-order valence-electron chi connectivity index (χ4n) is 1.15. The summed E-state index contributed by atoms with van der Waals surface area (Å²) in [7, 11) is 0. The fraction of sp³-hybridized carbons (Fsp3) is 0.917. The molecule has 0 saturated heterocycles. The average Bonchev–Trinajstić information content (AvgIpc) is 2.15. The number of nitrogens with one attached hydrogen (secondary N) is 1. The van der Waals surface area contributed by atoms with Crippen molar-refractivity contribution in [1.82, 2.24) is 5.32 Å². The third-order valence-corrected chi connectivity index (χ3v) is 2.14. The van der Waals surface area contributed by atoms with Gasteiger partial charge in [0.2, 0.25) is 5.91 Å². The third-order valence-electron chi connectivity index (χ3n) is 2.14. The van der Waals surface area contributed by atoms with E-state index in [4.69, 9.17) is 4.74 Å². The van der Waals surface area contributed by atoms with Gasteiger partial charge >= 0.3 is 0 Å². The van der Waals surface area contributed by atoms with Crippen LogP contribution in [-0.4, -0.2) is 25.7 Å². The number of hydrogen-bond acceptors (Lipinski definition) is 2. The number of hydrogen-bond donors (Lipinski definition) is 1. The van der Waals surface area contributed by atoms with E-state index < -0.39 is 0 Å². The van der Waals surface area contributed by atoms with Crippen molar-refractivity contribution >= 4 is 5.91 Å². The van der Waals surface area contributed by atoms with Gasteiger partial charge in [0.15, 0.2) is 0 Å². The summed E-state index contributed by atoms with van der Waals surface area (Å²) in [6.07, 6.45) is 2.31. The van der Waals surface area contributed by atoms with E-state index in [2.05, 4.69) is 19.2 Å². The molecule has 0 spiro atoms. The van der Waals surface area contributed by atoms with Crippen molar-refractivity contribution in [1.29, 1.82) is 0 Å². The number of ether oxygens (including phenoxy) is 1. The summed E-state index contributed by atoms with van der Waals surface area (Å²) in [5.74, 6) is 0.904. The molecule has 3 nitrogen and oxygen atoms in total. The first-order valence-corrected chi connectivity index (χ1v) is 5.89. The van der Waals surface area contributed by atoms with Gasteiger partial charge in [-0.2, -0.15) is 0 Å². The van der Waals surface area contributed by atoms with Crippen molar-refractivity contribution in [3.63, 3.8) is 0 Å². The van der Waals surface area contributed by atoms with Gasteiger partial charge in [-0.05, 0) is 18.8 Å². The largest absolute Gasteiger partial charge is 0.380 e. The van der Waals surface area contributed by atoms with E-state index in [0.29, 0.717) is 13.2 Å². The van der Waals surface area contributed by atoms with Crippen LogP contribution in [0.1, 0.15) is 40.5 Å². The van der Waals surface area contributed by atoms with Crippen molar-refractivity contribution in [2.24, 2.45) is 11.8 Å². The molecule has 0 aromatic rings. The van der Waals surface area contributed by atoms with Gasteiger partial charge in [0.05, 0.1) is 6.61 Å². The molecule has 0 aromatic heterocycles. The summed E-state index contributed by atoms with van der Waals surface area (Å²) in [6, 6.07) is 0. The van der Waals surface area contributed by atoms with Crippen LogP contribution in [0, 0.1) is 11.8 Å². The monoisotopic (exact) mass is 215 g/mol. The van der Waals surface area contributed by atoms with Crippen molar-refractivity contribution < 1.29 is 9.53 Å². The Bertz CT molecular complexity index is 167. The Balaban J connectivity index is 3.15.